The molecule has 3 N–H and O–H groups in total. The van der Waals surface area contributed by atoms with Crippen LogP contribution < -0.4 is 11.1 Å². The van der Waals surface area contributed by atoms with Crippen molar-refractivity contribution in [2.45, 2.75) is 20.8 Å². The molecule has 2 aromatic rings. The maximum atomic E-state index is 11.7. The zero-order chi connectivity index (χ0) is 15.4. The van der Waals surface area contributed by atoms with Crippen LogP contribution in [0.1, 0.15) is 28.4 Å². The Bertz CT molecular complexity index is 666. The van der Waals surface area contributed by atoms with Crippen LogP contribution in [-0.4, -0.2) is 12.6 Å². The average Bonchev–Trinajstić information content (AvgIpc) is 2.45. The van der Waals surface area contributed by atoms with Crippen molar-refractivity contribution in [2.75, 3.05) is 17.7 Å². The zero-order valence-electron chi connectivity index (χ0n) is 12.6. The molecule has 0 unspecified atom stereocenters. The number of hydrogen-bond donors (Lipinski definition) is 2. The molecule has 0 bridgehead atoms. The van der Waals surface area contributed by atoms with Crippen LogP contribution in [0.5, 0.6) is 0 Å². The Morgan fingerprint density at radius 3 is 2.57 bits per heavy atom. The van der Waals surface area contributed by atoms with Crippen LogP contribution in [0.15, 0.2) is 36.4 Å². The van der Waals surface area contributed by atoms with Gasteiger partial charge in [0.25, 0.3) is 0 Å². The predicted octanol–water partition coefficient (Wildman–Crippen LogP) is 3.81. The van der Waals surface area contributed by atoms with Gasteiger partial charge in [0.15, 0.2) is 0 Å². The summed E-state index contributed by atoms with van der Waals surface area (Å²) in [6.07, 6.45) is 0. The van der Waals surface area contributed by atoms with Crippen molar-refractivity contribution in [3.8, 4) is 0 Å². The van der Waals surface area contributed by atoms with Crippen molar-refractivity contribution in [1.82, 2.24) is 0 Å². The second-order valence-electron chi connectivity index (χ2n) is 4.97. The van der Waals surface area contributed by atoms with Gasteiger partial charge < -0.3 is 15.8 Å². The molecule has 0 atom stereocenters. The molecule has 0 heterocycles. The van der Waals surface area contributed by atoms with Crippen LogP contribution in [0.2, 0.25) is 0 Å². The lowest BCUT2D eigenvalue weighted by Crippen LogP contribution is -2.06. The average molecular weight is 284 g/mol. The van der Waals surface area contributed by atoms with Gasteiger partial charge in [-0.25, -0.2) is 4.79 Å². The predicted molar refractivity (Wildman–Crippen MR) is 86.0 cm³/mol. The molecular formula is C17H20N2O2. The summed E-state index contributed by atoms with van der Waals surface area (Å²) in [6.45, 7) is 6.20. The highest BCUT2D eigenvalue weighted by Gasteiger charge is 2.09. The standard InChI is InChI=1S/C17H20N2O2/c1-4-21-17(20)13-7-8-15(14(18)10-13)19-16-9-11(2)5-6-12(16)3/h5-10,19H,4,18H2,1-3H3. The number of benzene rings is 2. The number of nitrogen functional groups attached to an aromatic ring is 1. The third kappa shape index (κ3) is 3.54. The molecule has 4 nitrogen and oxygen atoms in total. The fourth-order valence-corrected chi connectivity index (χ4v) is 2.03. The summed E-state index contributed by atoms with van der Waals surface area (Å²) >= 11 is 0. The van der Waals surface area contributed by atoms with E-state index in [4.69, 9.17) is 10.5 Å². The lowest BCUT2D eigenvalue weighted by Gasteiger charge is -2.13. The van der Waals surface area contributed by atoms with E-state index in [0.717, 1.165) is 16.9 Å². The topological polar surface area (TPSA) is 64.3 Å². The number of aryl methyl sites for hydroxylation is 2. The van der Waals surface area contributed by atoms with Crippen molar-refractivity contribution in [3.05, 3.63) is 53.1 Å². The molecule has 21 heavy (non-hydrogen) atoms. The van der Waals surface area contributed by atoms with E-state index < -0.39 is 0 Å². The van der Waals surface area contributed by atoms with E-state index in [-0.39, 0.29) is 5.97 Å². The molecule has 0 fully saturated rings. The SMILES string of the molecule is CCOC(=O)c1ccc(Nc2cc(C)ccc2C)c(N)c1. The number of ether oxygens (including phenoxy) is 1. The van der Waals surface area contributed by atoms with Crippen molar-refractivity contribution >= 4 is 23.0 Å². The first kappa shape index (κ1) is 14.9. The second-order valence-corrected chi connectivity index (χ2v) is 4.97. The molecule has 0 aliphatic carbocycles. The number of anilines is 3. The molecule has 4 heteroatoms. The lowest BCUT2D eigenvalue weighted by molar-refractivity contribution is 0.0526. The van der Waals surface area contributed by atoms with Gasteiger partial charge in [-0.2, -0.15) is 0 Å². The van der Waals surface area contributed by atoms with Crippen molar-refractivity contribution < 1.29 is 9.53 Å². The summed E-state index contributed by atoms with van der Waals surface area (Å²) in [7, 11) is 0. The van der Waals surface area contributed by atoms with Gasteiger partial charge in [0.05, 0.1) is 23.5 Å². The van der Waals surface area contributed by atoms with Gasteiger partial charge >= 0.3 is 5.97 Å². The van der Waals surface area contributed by atoms with Crippen molar-refractivity contribution in [2.24, 2.45) is 0 Å². The largest absolute Gasteiger partial charge is 0.462 e. The van der Waals surface area contributed by atoms with E-state index >= 15 is 0 Å². The smallest absolute Gasteiger partial charge is 0.338 e. The molecule has 110 valence electrons. The maximum Gasteiger partial charge on any atom is 0.338 e. The van der Waals surface area contributed by atoms with Crippen molar-refractivity contribution in [1.29, 1.82) is 0 Å². The quantitative estimate of drug-likeness (QED) is 0.662. The Hall–Kier alpha value is -2.49. The number of esters is 1. The van der Waals surface area contributed by atoms with E-state index in [1.54, 1.807) is 25.1 Å². The number of rotatable bonds is 4. The molecule has 0 saturated carbocycles. The molecule has 0 amide bonds. The summed E-state index contributed by atoms with van der Waals surface area (Å²) in [4.78, 5) is 11.7. The second kappa shape index (κ2) is 6.31. The van der Waals surface area contributed by atoms with Gasteiger partial charge in [0.2, 0.25) is 0 Å². The maximum absolute atomic E-state index is 11.7. The molecule has 0 aliphatic rings. The number of nitrogens with two attached hydrogens (primary N) is 1. The fourth-order valence-electron chi connectivity index (χ4n) is 2.03. The highest BCUT2D eigenvalue weighted by atomic mass is 16.5. The van der Waals surface area contributed by atoms with Crippen LogP contribution in [0.25, 0.3) is 0 Å². The van der Waals surface area contributed by atoms with Crippen LogP contribution in [0.3, 0.4) is 0 Å². The Labute approximate surface area is 124 Å². The minimum atomic E-state index is -0.359. The van der Waals surface area contributed by atoms with Gasteiger partial charge in [0, 0.05) is 5.69 Å². The van der Waals surface area contributed by atoms with Crippen molar-refractivity contribution in [3.63, 3.8) is 0 Å². The number of nitrogens with one attached hydrogen (secondary N) is 1. The van der Waals surface area contributed by atoms with Crippen LogP contribution in [-0.2, 0) is 4.74 Å². The van der Waals surface area contributed by atoms with Gasteiger partial charge in [-0.3, -0.25) is 0 Å². The van der Waals surface area contributed by atoms with E-state index in [0.29, 0.717) is 17.9 Å². The first-order valence-electron chi connectivity index (χ1n) is 6.92. The molecule has 2 rings (SSSR count). The van der Waals surface area contributed by atoms with E-state index in [1.807, 2.05) is 13.8 Å². The highest BCUT2D eigenvalue weighted by molar-refractivity contribution is 5.92. The number of carbonyl (C=O) groups is 1. The first-order chi connectivity index (χ1) is 10.0. The first-order valence-corrected chi connectivity index (χ1v) is 6.92. The van der Waals surface area contributed by atoms with E-state index in [9.17, 15) is 4.79 Å². The molecule has 2 aromatic carbocycles. The fraction of sp³-hybridized carbons (Fsp3) is 0.235. The van der Waals surface area contributed by atoms with Crippen LogP contribution >= 0.6 is 0 Å². The number of hydrogen-bond acceptors (Lipinski definition) is 4. The number of carbonyl (C=O) groups excluding carboxylic acids is 1. The molecule has 0 spiro atoms. The summed E-state index contributed by atoms with van der Waals surface area (Å²) < 4.78 is 4.96. The Kier molecular flexibility index (Phi) is 4.48. The molecule has 0 aromatic heterocycles. The molecule has 0 radical (unpaired) electrons. The minimum Gasteiger partial charge on any atom is -0.462 e. The van der Waals surface area contributed by atoms with Gasteiger partial charge in [-0.05, 0) is 56.2 Å². The van der Waals surface area contributed by atoms with Crippen LogP contribution in [0.4, 0.5) is 17.1 Å². The van der Waals surface area contributed by atoms with E-state index in [1.165, 1.54) is 5.56 Å². The third-order valence-electron chi connectivity index (χ3n) is 3.23. The minimum absolute atomic E-state index is 0.348. The molecular weight excluding hydrogens is 264 g/mol. The van der Waals surface area contributed by atoms with Crippen LogP contribution in [0, 0.1) is 13.8 Å². The van der Waals surface area contributed by atoms with Gasteiger partial charge in [-0.15, -0.1) is 0 Å². The Balaban J connectivity index is 2.25. The summed E-state index contributed by atoms with van der Waals surface area (Å²) in [5.41, 5.74) is 11.1. The molecule has 0 aliphatic heterocycles. The highest BCUT2D eigenvalue weighted by Crippen LogP contribution is 2.27. The zero-order valence-corrected chi connectivity index (χ0v) is 12.6. The van der Waals surface area contributed by atoms with E-state index in [2.05, 4.69) is 23.5 Å². The monoisotopic (exact) mass is 284 g/mol. The summed E-state index contributed by atoms with van der Waals surface area (Å²) in [6, 6.07) is 11.3. The summed E-state index contributed by atoms with van der Waals surface area (Å²) in [5, 5.41) is 3.30. The lowest BCUT2D eigenvalue weighted by atomic mass is 10.1. The third-order valence-corrected chi connectivity index (χ3v) is 3.23. The van der Waals surface area contributed by atoms with Gasteiger partial charge in [0.1, 0.15) is 0 Å². The molecule has 0 saturated heterocycles. The Morgan fingerprint density at radius 2 is 1.90 bits per heavy atom. The Morgan fingerprint density at radius 1 is 1.14 bits per heavy atom. The summed E-state index contributed by atoms with van der Waals surface area (Å²) in [5.74, 6) is -0.359. The normalized spacial score (nSPS) is 10.2. The van der Waals surface area contributed by atoms with Gasteiger partial charge in [-0.1, -0.05) is 12.1 Å².